The first kappa shape index (κ1) is 14.8. The van der Waals surface area contributed by atoms with E-state index in [0.29, 0.717) is 12.8 Å². The lowest BCUT2D eigenvalue weighted by atomic mass is 10.1. The van der Waals surface area contributed by atoms with Crippen molar-refractivity contribution in [3.05, 3.63) is 0 Å². The third-order valence-electron chi connectivity index (χ3n) is 4.24. The van der Waals surface area contributed by atoms with Crippen LogP contribution in [0.5, 0.6) is 0 Å². The van der Waals surface area contributed by atoms with Gasteiger partial charge in [0.1, 0.15) is 0 Å². The van der Waals surface area contributed by atoms with Gasteiger partial charge in [-0.05, 0) is 32.4 Å². The van der Waals surface area contributed by atoms with Crippen LogP contribution in [0.2, 0.25) is 0 Å². The van der Waals surface area contributed by atoms with Gasteiger partial charge in [0.2, 0.25) is 5.91 Å². The first-order chi connectivity index (χ1) is 8.98. The van der Waals surface area contributed by atoms with Crippen molar-refractivity contribution in [2.45, 2.75) is 38.1 Å². The van der Waals surface area contributed by atoms with Gasteiger partial charge in [0, 0.05) is 26.1 Å². The summed E-state index contributed by atoms with van der Waals surface area (Å²) in [6, 6.07) is -0.112. The number of sulfone groups is 1. The number of hydrogen-bond donors (Lipinski definition) is 0. The van der Waals surface area contributed by atoms with Crippen molar-refractivity contribution in [3.8, 4) is 0 Å². The van der Waals surface area contributed by atoms with E-state index in [2.05, 4.69) is 4.90 Å². The van der Waals surface area contributed by atoms with Gasteiger partial charge >= 0.3 is 0 Å². The number of piperidine rings is 1. The fraction of sp³-hybridized carbons (Fsp3) is 0.923. The zero-order chi connectivity index (χ0) is 13.9. The Kier molecular flexibility index (Phi) is 4.84. The molecule has 6 heteroatoms. The van der Waals surface area contributed by atoms with Crippen LogP contribution in [-0.2, 0) is 14.6 Å². The lowest BCUT2D eigenvalue weighted by Gasteiger charge is -2.28. The third-order valence-corrected chi connectivity index (χ3v) is 5.99. The monoisotopic (exact) mass is 288 g/mol. The van der Waals surface area contributed by atoms with E-state index < -0.39 is 9.84 Å². The molecule has 2 aliphatic rings. The van der Waals surface area contributed by atoms with Gasteiger partial charge in [-0.15, -0.1) is 0 Å². The van der Waals surface area contributed by atoms with E-state index in [1.807, 2.05) is 0 Å². The highest BCUT2D eigenvalue weighted by Gasteiger charge is 2.32. The second kappa shape index (κ2) is 6.22. The van der Waals surface area contributed by atoms with E-state index in [0.717, 1.165) is 19.6 Å². The van der Waals surface area contributed by atoms with Crippen molar-refractivity contribution in [3.63, 3.8) is 0 Å². The van der Waals surface area contributed by atoms with Crippen LogP contribution in [0.25, 0.3) is 0 Å². The van der Waals surface area contributed by atoms with Gasteiger partial charge in [0.05, 0.1) is 11.5 Å². The lowest BCUT2D eigenvalue weighted by molar-refractivity contribution is -0.131. The van der Waals surface area contributed by atoms with Crippen molar-refractivity contribution < 1.29 is 13.2 Å². The van der Waals surface area contributed by atoms with Crippen LogP contribution in [0.15, 0.2) is 0 Å². The van der Waals surface area contributed by atoms with Gasteiger partial charge in [0.25, 0.3) is 0 Å². The number of likely N-dealkylation sites (tertiary alicyclic amines) is 1. The Labute approximate surface area is 115 Å². The normalized spacial score (nSPS) is 27.3. The summed E-state index contributed by atoms with van der Waals surface area (Å²) in [5, 5.41) is 0. The fourth-order valence-electron chi connectivity index (χ4n) is 2.90. The summed E-state index contributed by atoms with van der Waals surface area (Å²) >= 11 is 0. The molecule has 0 aromatic heterocycles. The molecule has 0 saturated carbocycles. The number of hydrogen-bond acceptors (Lipinski definition) is 4. The zero-order valence-electron chi connectivity index (χ0n) is 11.7. The predicted molar refractivity (Wildman–Crippen MR) is 74.7 cm³/mol. The molecule has 2 fully saturated rings. The lowest BCUT2D eigenvalue weighted by Crippen LogP contribution is -2.40. The summed E-state index contributed by atoms with van der Waals surface area (Å²) in [6.07, 6.45) is 4.85. The molecule has 2 saturated heterocycles. The minimum Gasteiger partial charge on any atom is -0.342 e. The van der Waals surface area contributed by atoms with Crippen molar-refractivity contribution in [2.24, 2.45) is 0 Å². The summed E-state index contributed by atoms with van der Waals surface area (Å²) < 4.78 is 22.9. The van der Waals surface area contributed by atoms with Crippen molar-refractivity contribution in [1.29, 1.82) is 0 Å². The van der Waals surface area contributed by atoms with Crippen LogP contribution in [0.4, 0.5) is 0 Å². The Balaban J connectivity index is 1.76. The average molecular weight is 288 g/mol. The SMILES string of the molecule is CN(C(=O)CCN1CCCCC1)C1CCS(=O)(=O)C1. The highest BCUT2D eigenvalue weighted by molar-refractivity contribution is 7.91. The minimum atomic E-state index is -2.91. The first-order valence-electron chi connectivity index (χ1n) is 7.16. The molecule has 0 bridgehead atoms. The molecule has 2 heterocycles. The molecule has 1 atom stereocenters. The number of rotatable bonds is 4. The molecule has 2 aliphatic heterocycles. The summed E-state index contributed by atoms with van der Waals surface area (Å²) in [7, 11) is -1.17. The molecule has 0 spiro atoms. The second-order valence-corrected chi connectivity index (χ2v) is 7.94. The van der Waals surface area contributed by atoms with Crippen molar-refractivity contribution in [1.82, 2.24) is 9.80 Å². The Morgan fingerprint density at radius 2 is 1.95 bits per heavy atom. The van der Waals surface area contributed by atoms with E-state index >= 15 is 0 Å². The predicted octanol–water partition coefficient (Wildman–Crippen LogP) is 0.508. The minimum absolute atomic E-state index is 0.0765. The quantitative estimate of drug-likeness (QED) is 0.756. The maximum Gasteiger partial charge on any atom is 0.223 e. The Morgan fingerprint density at radius 1 is 1.26 bits per heavy atom. The number of carbonyl (C=O) groups is 1. The van der Waals surface area contributed by atoms with E-state index in [1.54, 1.807) is 11.9 Å². The van der Waals surface area contributed by atoms with Crippen LogP contribution in [0.1, 0.15) is 32.1 Å². The van der Waals surface area contributed by atoms with Crippen LogP contribution in [-0.4, -0.2) is 68.4 Å². The molecule has 0 aromatic carbocycles. The second-order valence-electron chi connectivity index (χ2n) is 5.71. The summed E-state index contributed by atoms with van der Waals surface area (Å²) in [4.78, 5) is 16.1. The molecular weight excluding hydrogens is 264 g/mol. The number of amides is 1. The van der Waals surface area contributed by atoms with Crippen molar-refractivity contribution in [2.75, 3.05) is 38.2 Å². The molecule has 0 aromatic rings. The molecule has 0 aliphatic carbocycles. The molecule has 1 unspecified atom stereocenters. The Bertz CT molecular complexity index is 416. The largest absolute Gasteiger partial charge is 0.342 e. The van der Waals surface area contributed by atoms with Crippen LogP contribution >= 0.6 is 0 Å². The highest BCUT2D eigenvalue weighted by Crippen LogP contribution is 2.17. The van der Waals surface area contributed by atoms with E-state index in [1.165, 1.54) is 19.3 Å². The molecule has 5 nitrogen and oxygen atoms in total. The van der Waals surface area contributed by atoms with Crippen molar-refractivity contribution >= 4 is 15.7 Å². The molecular formula is C13H24N2O3S. The highest BCUT2D eigenvalue weighted by atomic mass is 32.2. The molecule has 0 radical (unpaired) electrons. The molecule has 19 heavy (non-hydrogen) atoms. The molecule has 0 N–H and O–H groups in total. The van der Waals surface area contributed by atoms with Crippen LogP contribution < -0.4 is 0 Å². The molecule has 2 rings (SSSR count). The fourth-order valence-corrected chi connectivity index (χ4v) is 4.67. The van der Waals surface area contributed by atoms with Gasteiger partial charge in [-0.2, -0.15) is 0 Å². The van der Waals surface area contributed by atoms with Crippen LogP contribution in [0.3, 0.4) is 0 Å². The van der Waals surface area contributed by atoms with Crippen LogP contribution in [0, 0.1) is 0 Å². The third kappa shape index (κ3) is 4.18. The zero-order valence-corrected chi connectivity index (χ0v) is 12.5. The smallest absolute Gasteiger partial charge is 0.223 e. The molecule has 110 valence electrons. The average Bonchev–Trinajstić information content (AvgIpc) is 2.76. The Morgan fingerprint density at radius 3 is 2.53 bits per heavy atom. The molecule has 1 amide bonds. The van der Waals surface area contributed by atoms with Gasteiger partial charge in [0.15, 0.2) is 9.84 Å². The van der Waals surface area contributed by atoms with Gasteiger partial charge < -0.3 is 9.80 Å². The van der Waals surface area contributed by atoms with E-state index in [-0.39, 0.29) is 23.5 Å². The summed E-state index contributed by atoms with van der Waals surface area (Å²) in [5.41, 5.74) is 0. The standard InChI is InChI=1S/C13H24N2O3S/c1-14(12-6-10-19(17,18)11-12)13(16)5-9-15-7-3-2-4-8-15/h12H,2-11H2,1H3. The van der Waals surface area contributed by atoms with Gasteiger partial charge in [-0.1, -0.05) is 6.42 Å². The number of carbonyl (C=O) groups excluding carboxylic acids is 1. The maximum absolute atomic E-state index is 12.1. The Hall–Kier alpha value is -0.620. The van der Waals surface area contributed by atoms with E-state index in [9.17, 15) is 13.2 Å². The summed E-state index contributed by atoms with van der Waals surface area (Å²) in [6.45, 7) is 2.99. The van der Waals surface area contributed by atoms with E-state index in [4.69, 9.17) is 0 Å². The van der Waals surface area contributed by atoms with Gasteiger partial charge in [-0.3, -0.25) is 4.79 Å². The van der Waals surface area contributed by atoms with Gasteiger partial charge in [-0.25, -0.2) is 8.42 Å². The topological polar surface area (TPSA) is 57.7 Å². The maximum atomic E-state index is 12.1. The summed E-state index contributed by atoms with van der Waals surface area (Å²) in [5.74, 6) is 0.438. The number of nitrogens with zero attached hydrogens (tertiary/aromatic N) is 2. The first-order valence-corrected chi connectivity index (χ1v) is 8.98.